The molecule has 1 aliphatic heterocycles. The molecule has 0 saturated carbocycles. The second-order valence-corrected chi connectivity index (χ2v) is 6.44. The molecule has 2 aromatic carbocycles. The van der Waals surface area contributed by atoms with Crippen LogP contribution in [0.2, 0.25) is 0 Å². The predicted octanol–water partition coefficient (Wildman–Crippen LogP) is 2.71. The second kappa shape index (κ2) is 6.63. The molecule has 0 radical (unpaired) electrons. The minimum absolute atomic E-state index is 0.0744. The minimum Gasteiger partial charge on any atom is -0.497 e. The molecule has 1 aliphatic rings. The zero-order valence-electron chi connectivity index (χ0n) is 14.8. The summed E-state index contributed by atoms with van der Waals surface area (Å²) in [6.45, 7) is 0.459. The van der Waals surface area contributed by atoms with Gasteiger partial charge in [-0.25, -0.2) is 0 Å². The van der Waals surface area contributed by atoms with Crippen LogP contribution in [0.15, 0.2) is 54.6 Å². The van der Waals surface area contributed by atoms with E-state index in [0.717, 1.165) is 22.7 Å². The molecule has 6 heteroatoms. The normalized spacial score (nSPS) is 16.5. The smallest absolute Gasteiger partial charge is 0.246 e. The summed E-state index contributed by atoms with van der Waals surface area (Å²) < 4.78 is 7.30. The van der Waals surface area contributed by atoms with E-state index in [1.165, 1.54) is 0 Å². The van der Waals surface area contributed by atoms with Gasteiger partial charge in [0, 0.05) is 19.0 Å². The van der Waals surface area contributed by atoms with Gasteiger partial charge < -0.3 is 9.64 Å². The van der Waals surface area contributed by atoms with E-state index in [2.05, 4.69) is 10.2 Å². The Morgan fingerprint density at radius 2 is 1.92 bits per heavy atom. The Kier molecular flexibility index (Phi) is 4.16. The van der Waals surface area contributed by atoms with Crippen LogP contribution in [-0.2, 0) is 17.8 Å². The topological polar surface area (TPSA) is 60.3 Å². The Morgan fingerprint density at radius 1 is 1.12 bits per heavy atom. The Labute approximate surface area is 152 Å². The monoisotopic (exact) mass is 348 g/mol. The van der Waals surface area contributed by atoms with Crippen LogP contribution >= 0.6 is 0 Å². The van der Waals surface area contributed by atoms with Crippen molar-refractivity contribution >= 4 is 5.91 Å². The number of ether oxygens (including phenoxy) is 1. The fourth-order valence-corrected chi connectivity index (χ4v) is 3.39. The predicted molar refractivity (Wildman–Crippen MR) is 97.7 cm³/mol. The van der Waals surface area contributed by atoms with Gasteiger partial charge in [0.25, 0.3) is 0 Å². The molecule has 0 unspecified atom stereocenters. The molecule has 132 valence electrons. The number of methoxy groups -OCH3 is 1. The highest BCUT2D eigenvalue weighted by molar-refractivity contribution is 5.82. The first kappa shape index (κ1) is 16.3. The molecule has 3 aromatic rings. The van der Waals surface area contributed by atoms with Crippen molar-refractivity contribution in [3.8, 4) is 17.1 Å². The van der Waals surface area contributed by atoms with E-state index in [1.807, 2.05) is 66.2 Å². The third-order valence-electron chi connectivity index (χ3n) is 4.72. The molecular formula is C20H20N4O2. The Morgan fingerprint density at radius 3 is 2.69 bits per heavy atom. The Bertz CT molecular complexity index is 936. The molecule has 0 N–H and O–H groups in total. The molecule has 0 fully saturated rings. The van der Waals surface area contributed by atoms with E-state index in [9.17, 15) is 4.79 Å². The Hall–Kier alpha value is -3.15. The number of carbonyl (C=O) groups excluding carboxylic acids is 1. The highest BCUT2D eigenvalue weighted by atomic mass is 16.5. The number of likely N-dealkylation sites (N-methyl/N-ethyl adjacent to an activating group) is 1. The largest absolute Gasteiger partial charge is 0.497 e. The first-order valence-corrected chi connectivity index (χ1v) is 8.54. The summed E-state index contributed by atoms with van der Waals surface area (Å²) in [4.78, 5) is 14.6. The molecule has 6 nitrogen and oxygen atoms in total. The SMILES string of the molecule is COc1cccc(-c2nnc3n2[C@@H](Cc2ccccc2)C(=O)N(C)C3)c1. The maximum Gasteiger partial charge on any atom is 0.246 e. The van der Waals surface area contributed by atoms with Gasteiger partial charge in [0.15, 0.2) is 11.6 Å². The summed E-state index contributed by atoms with van der Waals surface area (Å²) >= 11 is 0. The van der Waals surface area contributed by atoms with Gasteiger partial charge in [-0.3, -0.25) is 9.36 Å². The number of fused-ring (bicyclic) bond motifs is 1. The molecule has 4 rings (SSSR count). The number of benzene rings is 2. The Balaban J connectivity index is 1.80. The molecule has 0 saturated heterocycles. The van der Waals surface area contributed by atoms with Gasteiger partial charge in [0.1, 0.15) is 11.8 Å². The number of hydrogen-bond donors (Lipinski definition) is 0. The molecule has 2 heterocycles. The average Bonchev–Trinajstić information content (AvgIpc) is 3.09. The van der Waals surface area contributed by atoms with Crippen LogP contribution in [-0.4, -0.2) is 39.7 Å². The average molecular weight is 348 g/mol. The van der Waals surface area contributed by atoms with Crippen LogP contribution in [0.1, 0.15) is 17.4 Å². The standard InChI is InChI=1S/C20H20N4O2/c1-23-13-18-21-22-19(15-9-6-10-16(12-15)26-2)24(18)17(20(23)25)11-14-7-4-3-5-8-14/h3-10,12,17H,11,13H2,1-2H3/t17-/m0/s1. The van der Waals surface area contributed by atoms with Gasteiger partial charge in [-0.15, -0.1) is 10.2 Å². The van der Waals surface area contributed by atoms with Gasteiger partial charge in [0.05, 0.1) is 13.7 Å². The van der Waals surface area contributed by atoms with Gasteiger partial charge in [-0.1, -0.05) is 42.5 Å². The van der Waals surface area contributed by atoms with Crippen LogP contribution in [0.5, 0.6) is 5.75 Å². The van der Waals surface area contributed by atoms with Crippen molar-refractivity contribution in [1.82, 2.24) is 19.7 Å². The molecule has 0 spiro atoms. The van der Waals surface area contributed by atoms with Crippen LogP contribution in [0.3, 0.4) is 0 Å². The maximum absolute atomic E-state index is 12.9. The van der Waals surface area contributed by atoms with Gasteiger partial charge >= 0.3 is 0 Å². The number of rotatable bonds is 4. The molecule has 26 heavy (non-hydrogen) atoms. The number of aromatic nitrogens is 3. The zero-order chi connectivity index (χ0) is 18.1. The molecule has 1 amide bonds. The van der Waals surface area contributed by atoms with E-state index < -0.39 is 0 Å². The molecule has 1 atom stereocenters. The van der Waals surface area contributed by atoms with Gasteiger partial charge in [-0.2, -0.15) is 0 Å². The van der Waals surface area contributed by atoms with Crippen molar-refractivity contribution in [1.29, 1.82) is 0 Å². The van der Waals surface area contributed by atoms with Crippen LogP contribution in [0, 0.1) is 0 Å². The highest BCUT2D eigenvalue weighted by Gasteiger charge is 2.34. The van der Waals surface area contributed by atoms with E-state index in [0.29, 0.717) is 18.8 Å². The first-order chi connectivity index (χ1) is 12.7. The van der Waals surface area contributed by atoms with Crippen molar-refractivity contribution in [2.24, 2.45) is 0 Å². The lowest BCUT2D eigenvalue weighted by Crippen LogP contribution is -2.41. The molecular weight excluding hydrogens is 328 g/mol. The number of hydrogen-bond acceptors (Lipinski definition) is 4. The van der Waals surface area contributed by atoms with Crippen molar-refractivity contribution in [3.63, 3.8) is 0 Å². The highest BCUT2D eigenvalue weighted by Crippen LogP contribution is 2.31. The zero-order valence-corrected chi connectivity index (χ0v) is 14.8. The van der Waals surface area contributed by atoms with E-state index in [-0.39, 0.29) is 11.9 Å². The second-order valence-electron chi connectivity index (χ2n) is 6.44. The molecule has 0 bridgehead atoms. The molecule has 1 aromatic heterocycles. The van der Waals surface area contributed by atoms with Crippen LogP contribution < -0.4 is 4.74 Å². The van der Waals surface area contributed by atoms with Crippen molar-refractivity contribution in [3.05, 3.63) is 66.0 Å². The van der Waals surface area contributed by atoms with Crippen molar-refractivity contribution in [2.75, 3.05) is 14.2 Å². The lowest BCUT2D eigenvalue weighted by atomic mass is 10.0. The maximum atomic E-state index is 12.9. The summed E-state index contributed by atoms with van der Waals surface area (Å²) in [5.74, 6) is 2.32. The van der Waals surface area contributed by atoms with E-state index in [1.54, 1.807) is 12.0 Å². The third kappa shape index (κ3) is 2.83. The van der Waals surface area contributed by atoms with Gasteiger partial charge in [-0.05, 0) is 17.7 Å². The quantitative estimate of drug-likeness (QED) is 0.727. The lowest BCUT2D eigenvalue weighted by Gasteiger charge is -2.31. The number of carbonyl (C=O) groups is 1. The van der Waals surface area contributed by atoms with Crippen molar-refractivity contribution < 1.29 is 9.53 Å². The summed E-state index contributed by atoms with van der Waals surface area (Å²) in [6, 6.07) is 17.4. The lowest BCUT2D eigenvalue weighted by molar-refractivity contribution is -0.135. The number of amides is 1. The van der Waals surface area contributed by atoms with E-state index >= 15 is 0 Å². The molecule has 0 aliphatic carbocycles. The van der Waals surface area contributed by atoms with Crippen LogP contribution in [0.25, 0.3) is 11.4 Å². The van der Waals surface area contributed by atoms with Crippen molar-refractivity contribution in [2.45, 2.75) is 19.0 Å². The number of nitrogens with zero attached hydrogens (tertiary/aromatic N) is 4. The minimum atomic E-state index is -0.359. The fourth-order valence-electron chi connectivity index (χ4n) is 3.39. The first-order valence-electron chi connectivity index (χ1n) is 8.54. The third-order valence-corrected chi connectivity index (χ3v) is 4.72. The van der Waals surface area contributed by atoms with E-state index in [4.69, 9.17) is 4.74 Å². The van der Waals surface area contributed by atoms with Gasteiger partial charge in [0.2, 0.25) is 5.91 Å². The summed E-state index contributed by atoms with van der Waals surface area (Å²) in [6.07, 6.45) is 0.603. The summed E-state index contributed by atoms with van der Waals surface area (Å²) in [5, 5.41) is 8.73. The van der Waals surface area contributed by atoms with Crippen LogP contribution in [0.4, 0.5) is 0 Å². The summed E-state index contributed by atoms with van der Waals surface area (Å²) in [7, 11) is 3.44. The fraction of sp³-hybridized carbons (Fsp3) is 0.250. The summed E-state index contributed by atoms with van der Waals surface area (Å²) in [5.41, 5.74) is 2.00.